The second kappa shape index (κ2) is 11.2. The molecule has 0 saturated carbocycles. The Balaban J connectivity index is 2.02. The number of hydrogen-bond donors (Lipinski definition) is 0. The molecule has 2 heterocycles. The number of rotatable bonds is 0. The Labute approximate surface area is 136 Å². The molecule has 118 valence electrons. The van der Waals surface area contributed by atoms with Gasteiger partial charge in [0.2, 0.25) is 0 Å². The van der Waals surface area contributed by atoms with Crippen LogP contribution >= 0.6 is 0 Å². The minimum Gasteiger partial charge on any atom is -0.292 e. The van der Waals surface area contributed by atoms with E-state index >= 15 is 0 Å². The zero-order valence-electron chi connectivity index (χ0n) is 13.8. The van der Waals surface area contributed by atoms with Crippen LogP contribution in [0.1, 0.15) is 51.4 Å². The van der Waals surface area contributed by atoms with Crippen LogP contribution < -0.4 is 0 Å². The van der Waals surface area contributed by atoms with Gasteiger partial charge in [0.25, 0.3) is 0 Å². The van der Waals surface area contributed by atoms with Crippen LogP contribution in [-0.4, -0.2) is 49.1 Å². The van der Waals surface area contributed by atoms with Gasteiger partial charge in [0.05, 0.1) is 13.1 Å². The van der Waals surface area contributed by atoms with Crippen LogP contribution in [0.5, 0.6) is 0 Å². The lowest BCUT2D eigenvalue weighted by Gasteiger charge is -2.20. The molecule has 0 amide bonds. The van der Waals surface area contributed by atoms with Gasteiger partial charge in [-0.25, -0.2) is 0 Å². The van der Waals surface area contributed by atoms with E-state index in [0.717, 1.165) is 90.6 Å². The normalized spacial score (nSPS) is 27.3. The molecule has 0 fully saturated rings. The van der Waals surface area contributed by atoms with Gasteiger partial charge in [0, 0.05) is 25.7 Å². The van der Waals surface area contributed by atoms with E-state index in [9.17, 15) is 0 Å². The van der Waals surface area contributed by atoms with Crippen LogP contribution in [0.25, 0.3) is 0 Å². The van der Waals surface area contributed by atoms with E-state index in [2.05, 4.69) is 45.3 Å². The van der Waals surface area contributed by atoms with Crippen LogP contribution in [0, 0.1) is 35.5 Å². The molecule has 2 aliphatic heterocycles. The summed E-state index contributed by atoms with van der Waals surface area (Å²) in [6.07, 6.45) is 8.72. The summed E-state index contributed by atoms with van der Waals surface area (Å²) in [5, 5.41) is 0. The zero-order valence-corrected chi connectivity index (χ0v) is 13.8. The molecule has 2 nitrogen and oxygen atoms in total. The van der Waals surface area contributed by atoms with Gasteiger partial charge >= 0.3 is 0 Å². The molecule has 0 aromatic carbocycles. The van der Waals surface area contributed by atoms with Crippen molar-refractivity contribution in [1.82, 2.24) is 9.80 Å². The zero-order chi connectivity index (χ0) is 15.3. The first-order chi connectivity index (χ1) is 10.9. The standard InChI is InChI=1S/C20H28N2/c1-2-6-10-16-22-18-12-8-4-3-7-11-17-21(15-9-5-1)19-13-14-20-22/h5-12,15-20H2. The summed E-state index contributed by atoms with van der Waals surface area (Å²) in [5.41, 5.74) is 0. The molecule has 0 saturated heterocycles. The maximum Gasteiger partial charge on any atom is 0.0602 e. The molecule has 0 N–H and O–H groups in total. The second-order valence-corrected chi connectivity index (χ2v) is 6.03. The molecule has 0 radical (unpaired) electrons. The average molecular weight is 296 g/mol. The van der Waals surface area contributed by atoms with Crippen molar-refractivity contribution in [2.75, 3.05) is 39.3 Å². The van der Waals surface area contributed by atoms with Crippen LogP contribution in [0.2, 0.25) is 0 Å². The van der Waals surface area contributed by atoms with Crippen LogP contribution in [0.3, 0.4) is 0 Å². The minimum atomic E-state index is 0.898. The molecule has 0 aromatic heterocycles. The van der Waals surface area contributed by atoms with Crippen molar-refractivity contribution in [3.05, 3.63) is 0 Å². The van der Waals surface area contributed by atoms with Crippen molar-refractivity contribution >= 4 is 0 Å². The van der Waals surface area contributed by atoms with Gasteiger partial charge in [0.15, 0.2) is 0 Å². The summed E-state index contributed by atoms with van der Waals surface area (Å²) in [6, 6.07) is 0. The summed E-state index contributed by atoms with van der Waals surface area (Å²) in [4.78, 5) is 4.94. The second-order valence-electron chi connectivity index (χ2n) is 6.03. The summed E-state index contributed by atoms with van der Waals surface area (Å²) in [6.45, 7) is 6.24. The fourth-order valence-corrected chi connectivity index (χ4v) is 2.79. The molecule has 0 aromatic rings. The van der Waals surface area contributed by atoms with Crippen LogP contribution in [0.15, 0.2) is 0 Å². The first-order valence-corrected chi connectivity index (χ1v) is 8.77. The Hall–Kier alpha value is -1.40. The Morgan fingerprint density at radius 2 is 0.727 bits per heavy atom. The molecule has 0 unspecified atom stereocenters. The number of nitrogens with zero attached hydrogens (tertiary/aromatic N) is 2. The summed E-state index contributed by atoms with van der Waals surface area (Å²) in [5.74, 6) is 20.1. The Bertz CT molecular complexity index is 417. The predicted octanol–water partition coefficient (Wildman–Crippen LogP) is 2.75. The predicted molar refractivity (Wildman–Crippen MR) is 93.1 cm³/mol. The molecule has 0 aliphatic carbocycles. The van der Waals surface area contributed by atoms with Crippen molar-refractivity contribution in [2.45, 2.75) is 51.4 Å². The van der Waals surface area contributed by atoms with E-state index in [1.54, 1.807) is 0 Å². The van der Waals surface area contributed by atoms with Crippen LogP contribution in [-0.2, 0) is 0 Å². The highest BCUT2D eigenvalue weighted by Gasteiger charge is 2.05. The van der Waals surface area contributed by atoms with Gasteiger partial charge < -0.3 is 0 Å². The van der Waals surface area contributed by atoms with Gasteiger partial charge in [-0.15, -0.1) is 23.7 Å². The Kier molecular flexibility index (Phi) is 8.64. The highest BCUT2D eigenvalue weighted by atomic mass is 15.1. The van der Waals surface area contributed by atoms with Crippen molar-refractivity contribution in [1.29, 1.82) is 0 Å². The lowest BCUT2D eigenvalue weighted by atomic mass is 10.2. The molecule has 2 heteroatoms. The molecule has 0 spiro atoms. The highest BCUT2D eigenvalue weighted by molar-refractivity contribution is 5.05. The lowest BCUT2D eigenvalue weighted by molar-refractivity contribution is 0.296. The topological polar surface area (TPSA) is 6.48 Å². The maximum absolute atomic E-state index is 3.38. The molecule has 2 rings (SSSR count). The van der Waals surface area contributed by atoms with Crippen LogP contribution in [0.4, 0.5) is 0 Å². The fraction of sp³-hybridized carbons (Fsp3) is 0.700. The molecule has 0 atom stereocenters. The largest absolute Gasteiger partial charge is 0.292 e. The van der Waals surface area contributed by atoms with E-state index in [-0.39, 0.29) is 0 Å². The Morgan fingerprint density at radius 1 is 0.409 bits per heavy atom. The van der Waals surface area contributed by atoms with E-state index in [1.807, 2.05) is 0 Å². The third-order valence-corrected chi connectivity index (χ3v) is 4.08. The van der Waals surface area contributed by atoms with E-state index in [0.29, 0.717) is 0 Å². The van der Waals surface area contributed by atoms with E-state index < -0.39 is 0 Å². The molecular weight excluding hydrogens is 268 g/mol. The third-order valence-electron chi connectivity index (χ3n) is 4.08. The van der Waals surface area contributed by atoms with Crippen molar-refractivity contribution in [3.63, 3.8) is 0 Å². The third kappa shape index (κ3) is 7.56. The average Bonchev–Trinajstić information content (AvgIpc) is 2.53. The van der Waals surface area contributed by atoms with Crippen molar-refractivity contribution in [3.8, 4) is 35.5 Å². The van der Waals surface area contributed by atoms with Crippen molar-refractivity contribution in [2.24, 2.45) is 0 Å². The quantitative estimate of drug-likeness (QED) is 0.634. The molecule has 2 bridgehead atoms. The first-order valence-electron chi connectivity index (χ1n) is 8.77. The molecule has 22 heavy (non-hydrogen) atoms. The van der Waals surface area contributed by atoms with E-state index in [1.165, 1.54) is 0 Å². The fourth-order valence-electron chi connectivity index (χ4n) is 2.79. The minimum absolute atomic E-state index is 0.898. The number of hydrogen-bond acceptors (Lipinski definition) is 2. The monoisotopic (exact) mass is 296 g/mol. The summed E-state index contributed by atoms with van der Waals surface area (Å²) in [7, 11) is 0. The van der Waals surface area contributed by atoms with Gasteiger partial charge in [-0.1, -0.05) is 11.8 Å². The highest BCUT2D eigenvalue weighted by Crippen LogP contribution is 2.02. The van der Waals surface area contributed by atoms with E-state index in [4.69, 9.17) is 0 Å². The molecule has 2 aliphatic rings. The van der Waals surface area contributed by atoms with Gasteiger partial charge in [-0.2, -0.15) is 0 Å². The first kappa shape index (κ1) is 17.0. The smallest absolute Gasteiger partial charge is 0.0602 e. The maximum atomic E-state index is 3.38. The van der Waals surface area contributed by atoms with Gasteiger partial charge in [0.1, 0.15) is 0 Å². The number of fused-ring (bicyclic) bond motifs is 4. The SMILES string of the molecule is C1#CCCCN2CC#CCN(CCC1)CCCC#CCCC2. The Morgan fingerprint density at radius 3 is 1.05 bits per heavy atom. The van der Waals surface area contributed by atoms with Gasteiger partial charge in [-0.3, -0.25) is 9.80 Å². The summed E-state index contributed by atoms with van der Waals surface area (Å²) < 4.78 is 0. The summed E-state index contributed by atoms with van der Waals surface area (Å²) >= 11 is 0. The van der Waals surface area contributed by atoms with Crippen molar-refractivity contribution < 1.29 is 0 Å². The van der Waals surface area contributed by atoms with Gasteiger partial charge in [-0.05, 0) is 51.9 Å². The molecular formula is C20H28N2. The lowest BCUT2D eigenvalue weighted by Crippen LogP contribution is -2.28.